The van der Waals surface area contributed by atoms with Gasteiger partial charge in [-0.3, -0.25) is 0 Å². The van der Waals surface area contributed by atoms with Crippen molar-refractivity contribution >= 4 is 11.3 Å². The van der Waals surface area contributed by atoms with Crippen LogP contribution in [0.5, 0.6) is 0 Å². The SMILES string of the molecule is Cc1sc(CNC(C)(C)C)cc1COCCOC(C)C. The van der Waals surface area contributed by atoms with Gasteiger partial charge in [-0.15, -0.1) is 11.3 Å². The van der Waals surface area contributed by atoms with Gasteiger partial charge < -0.3 is 14.8 Å². The highest BCUT2D eigenvalue weighted by molar-refractivity contribution is 7.12. The molecule has 4 heteroatoms. The lowest BCUT2D eigenvalue weighted by atomic mass is 10.1. The maximum absolute atomic E-state index is 5.67. The molecule has 0 radical (unpaired) electrons. The molecule has 0 saturated carbocycles. The van der Waals surface area contributed by atoms with Crippen LogP contribution in [0.2, 0.25) is 0 Å². The normalized spacial score (nSPS) is 12.3. The molecule has 0 aliphatic rings. The molecule has 20 heavy (non-hydrogen) atoms. The molecule has 0 spiro atoms. The predicted molar refractivity (Wildman–Crippen MR) is 86.4 cm³/mol. The van der Waals surface area contributed by atoms with E-state index in [-0.39, 0.29) is 11.6 Å². The average Bonchev–Trinajstić information content (AvgIpc) is 2.66. The lowest BCUT2D eigenvalue weighted by molar-refractivity contribution is 0.0142. The van der Waals surface area contributed by atoms with Gasteiger partial charge in [0.05, 0.1) is 25.9 Å². The Labute approximate surface area is 127 Å². The zero-order chi connectivity index (χ0) is 15.2. The minimum Gasteiger partial charge on any atom is -0.376 e. The van der Waals surface area contributed by atoms with E-state index in [1.807, 2.05) is 25.2 Å². The molecule has 0 bridgehead atoms. The summed E-state index contributed by atoms with van der Waals surface area (Å²) in [5.74, 6) is 0. The molecule has 116 valence electrons. The van der Waals surface area contributed by atoms with E-state index in [0.717, 1.165) is 6.54 Å². The maximum Gasteiger partial charge on any atom is 0.0728 e. The third kappa shape index (κ3) is 7.39. The molecule has 1 N–H and O–H groups in total. The van der Waals surface area contributed by atoms with E-state index in [2.05, 4.69) is 39.1 Å². The second-order valence-corrected chi connectivity index (χ2v) is 7.71. The van der Waals surface area contributed by atoms with Gasteiger partial charge in [0, 0.05) is 21.8 Å². The molecule has 0 fully saturated rings. The number of thiophene rings is 1. The van der Waals surface area contributed by atoms with Gasteiger partial charge in [0.2, 0.25) is 0 Å². The smallest absolute Gasteiger partial charge is 0.0728 e. The Morgan fingerprint density at radius 2 is 1.95 bits per heavy atom. The maximum atomic E-state index is 5.67. The minimum absolute atomic E-state index is 0.155. The molecule has 1 rings (SSSR count). The van der Waals surface area contributed by atoms with Crippen molar-refractivity contribution in [3.63, 3.8) is 0 Å². The molecule has 0 aliphatic heterocycles. The van der Waals surface area contributed by atoms with Crippen LogP contribution < -0.4 is 5.32 Å². The van der Waals surface area contributed by atoms with Crippen LogP contribution in [0.25, 0.3) is 0 Å². The summed E-state index contributed by atoms with van der Waals surface area (Å²) in [6, 6.07) is 2.25. The summed E-state index contributed by atoms with van der Waals surface area (Å²) in [6.45, 7) is 15.7. The minimum atomic E-state index is 0.155. The summed E-state index contributed by atoms with van der Waals surface area (Å²) < 4.78 is 11.1. The molecule has 0 aliphatic carbocycles. The van der Waals surface area contributed by atoms with Crippen LogP contribution in [0.3, 0.4) is 0 Å². The third-order valence-electron chi connectivity index (χ3n) is 2.80. The fraction of sp³-hybridized carbons (Fsp3) is 0.750. The first kappa shape index (κ1) is 17.6. The van der Waals surface area contributed by atoms with Crippen LogP contribution in [0.15, 0.2) is 6.07 Å². The predicted octanol–water partition coefficient (Wildman–Crippen LogP) is 3.89. The molecular formula is C16H29NO2S. The van der Waals surface area contributed by atoms with Crippen molar-refractivity contribution in [2.75, 3.05) is 13.2 Å². The Morgan fingerprint density at radius 1 is 1.25 bits per heavy atom. The highest BCUT2D eigenvalue weighted by Crippen LogP contribution is 2.22. The number of ether oxygens (including phenoxy) is 2. The highest BCUT2D eigenvalue weighted by atomic mass is 32.1. The molecule has 3 nitrogen and oxygen atoms in total. The molecular weight excluding hydrogens is 270 g/mol. The number of hydrogen-bond donors (Lipinski definition) is 1. The fourth-order valence-corrected chi connectivity index (χ4v) is 2.68. The number of rotatable bonds is 8. The Kier molecular flexibility index (Phi) is 7.17. The summed E-state index contributed by atoms with van der Waals surface area (Å²) >= 11 is 1.85. The first-order valence-electron chi connectivity index (χ1n) is 7.30. The quantitative estimate of drug-likeness (QED) is 0.739. The lowest BCUT2D eigenvalue weighted by Gasteiger charge is -2.19. The first-order valence-corrected chi connectivity index (χ1v) is 8.12. The standard InChI is InChI=1S/C16H29NO2S/c1-12(2)19-8-7-18-11-14-9-15(20-13(14)3)10-17-16(4,5)6/h9,12,17H,7-8,10-11H2,1-6H3. The first-order chi connectivity index (χ1) is 9.28. The van der Waals surface area contributed by atoms with Gasteiger partial charge in [-0.25, -0.2) is 0 Å². The molecule has 1 heterocycles. The average molecular weight is 299 g/mol. The van der Waals surface area contributed by atoms with Crippen LogP contribution in [0.1, 0.15) is 49.9 Å². The zero-order valence-electron chi connectivity index (χ0n) is 13.7. The molecule has 1 aromatic rings. The molecule has 0 atom stereocenters. The fourth-order valence-electron chi connectivity index (χ4n) is 1.70. The molecule has 1 aromatic heterocycles. The van der Waals surface area contributed by atoms with Crippen molar-refractivity contribution in [1.82, 2.24) is 5.32 Å². The molecule has 0 unspecified atom stereocenters. The van der Waals surface area contributed by atoms with Gasteiger partial charge in [-0.2, -0.15) is 0 Å². The van der Waals surface area contributed by atoms with Crippen LogP contribution in [0, 0.1) is 6.92 Å². The van der Waals surface area contributed by atoms with Crippen LogP contribution in [-0.4, -0.2) is 24.9 Å². The summed E-state index contributed by atoms with van der Waals surface area (Å²) in [7, 11) is 0. The van der Waals surface area contributed by atoms with Crippen molar-refractivity contribution in [3.8, 4) is 0 Å². The Balaban J connectivity index is 2.34. The van der Waals surface area contributed by atoms with E-state index in [0.29, 0.717) is 19.8 Å². The molecule has 0 saturated heterocycles. The van der Waals surface area contributed by atoms with E-state index >= 15 is 0 Å². The Bertz CT molecular complexity index is 394. The number of hydrogen-bond acceptors (Lipinski definition) is 4. The van der Waals surface area contributed by atoms with Crippen LogP contribution >= 0.6 is 11.3 Å². The van der Waals surface area contributed by atoms with Gasteiger partial charge in [0.15, 0.2) is 0 Å². The van der Waals surface area contributed by atoms with Crippen molar-refractivity contribution in [2.45, 2.75) is 66.3 Å². The van der Waals surface area contributed by atoms with E-state index in [9.17, 15) is 0 Å². The number of nitrogens with one attached hydrogen (secondary N) is 1. The second kappa shape index (κ2) is 8.13. The molecule has 0 amide bonds. The van der Waals surface area contributed by atoms with E-state index in [1.54, 1.807) is 0 Å². The second-order valence-electron chi connectivity index (χ2n) is 6.37. The largest absolute Gasteiger partial charge is 0.376 e. The van der Waals surface area contributed by atoms with Gasteiger partial charge in [0.1, 0.15) is 0 Å². The van der Waals surface area contributed by atoms with Gasteiger partial charge in [-0.05, 0) is 53.2 Å². The van der Waals surface area contributed by atoms with Crippen molar-refractivity contribution in [3.05, 3.63) is 21.4 Å². The summed E-state index contributed by atoms with van der Waals surface area (Å²) in [5.41, 5.74) is 1.45. The van der Waals surface area contributed by atoms with E-state index in [1.165, 1.54) is 15.3 Å². The van der Waals surface area contributed by atoms with E-state index in [4.69, 9.17) is 9.47 Å². The summed E-state index contributed by atoms with van der Waals surface area (Å²) in [5, 5.41) is 3.52. The van der Waals surface area contributed by atoms with E-state index < -0.39 is 0 Å². The van der Waals surface area contributed by atoms with Gasteiger partial charge in [0.25, 0.3) is 0 Å². The lowest BCUT2D eigenvalue weighted by Crippen LogP contribution is -2.34. The van der Waals surface area contributed by atoms with Crippen LogP contribution in [-0.2, 0) is 22.6 Å². The Hall–Kier alpha value is -0.420. The van der Waals surface area contributed by atoms with Gasteiger partial charge >= 0.3 is 0 Å². The van der Waals surface area contributed by atoms with Crippen LogP contribution in [0.4, 0.5) is 0 Å². The summed E-state index contributed by atoms with van der Waals surface area (Å²) in [4.78, 5) is 2.72. The monoisotopic (exact) mass is 299 g/mol. The summed E-state index contributed by atoms with van der Waals surface area (Å²) in [6.07, 6.45) is 0.275. The van der Waals surface area contributed by atoms with Crippen molar-refractivity contribution in [2.24, 2.45) is 0 Å². The topological polar surface area (TPSA) is 30.5 Å². The Morgan fingerprint density at radius 3 is 2.55 bits per heavy atom. The van der Waals surface area contributed by atoms with Gasteiger partial charge in [-0.1, -0.05) is 0 Å². The third-order valence-corrected chi connectivity index (χ3v) is 3.89. The van der Waals surface area contributed by atoms with Crippen molar-refractivity contribution < 1.29 is 9.47 Å². The number of aryl methyl sites for hydroxylation is 1. The zero-order valence-corrected chi connectivity index (χ0v) is 14.5. The van der Waals surface area contributed by atoms with Crippen molar-refractivity contribution in [1.29, 1.82) is 0 Å². The molecule has 0 aromatic carbocycles. The highest BCUT2D eigenvalue weighted by Gasteiger charge is 2.11.